The monoisotopic (exact) mass is 516 g/mol. The Labute approximate surface area is 215 Å². The van der Waals surface area contributed by atoms with E-state index in [4.69, 9.17) is 0 Å². The second-order valence-electron chi connectivity index (χ2n) is 9.62. The highest BCUT2D eigenvalue weighted by molar-refractivity contribution is 5.81. The molecule has 0 saturated carbocycles. The molecule has 0 heterocycles. The molecule has 0 aromatic heterocycles. The van der Waals surface area contributed by atoms with E-state index in [0.29, 0.717) is 25.7 Å². The van der Waals surface area contributed by atoms with E-state index in [1.54, 1.807) is 27.7 Å². The Morgan fingerprint density at radius 2 is 1.06 bits per heavy atom. The summed E-state index contributed by atoms with van der Waals surface area (Å²) in [6, 6.07) is -0.664. The average molecular weight is 517 g/mol. The number of nitrogens with one attached hydrogen (secondary N) is 2. The van der Waals surface area contributed by atoms with Crippen molar-refractivity contribution < 1.29 is 39.6 Å². The highest BCUT2D eigenvalue weighted by Gasteiger charge is 2.28. The zero-order valence-corrected chi connectivity index (χ0v) is 22.4. The molecule has 0 aliphatic rings. The molecule has 6 N–H and O–H groups in total. The second kappa shape index (κ2) is 19.3. The number of aliphatic hydroxyl groups is 4. The van der Waals surface area contributed by atoms with Gasteiger partial charge >= 0.3 is 0 Å². The van der Waals surface area contributed by atoms with Gasteiger partial charge in [-0.15, -0.1) is 0 Å². The van der Waals surface area contributed by atoms with Crippen LogP contribution in [0.2, 0.25) is 0 Å². The highest BCUT2D eigenvalue weighted by Crippen LogP contribution is 2.18. The number of Topliss-reactive ketones (excluding diaryl/α,β-unsaturated/α-hetero) is 2. The molecule has 0 aliphatic heterocycles. The minimum absolute atomic E-state index is 0.0103. The third kappa shape index (κ3) is 16.0. The van der Waals surface area contributed by atoms with Gasteiger partial charge in [0.05, 0.1) is 37.3 Å². The summed E-state index contributed by atoms with van der Waals surface area (Å²) in [5, 5.41) is 44.8. The van der Waals surface area contributed by atoms with E-state index in [-0.39, 0.29) is 63.1 Å². The molecule has 0 aliphatic carbocycles. The van der Waals surface area contributed by atoms with Gasteiger partial charge < -0.3 is 31.1 Å². The van der Waals surface area contributed by atoms with Gasteiger partial charge in [-0.3, -0.25) is 19.2 Å². The van der Waals surface area contributed by atoms with Crippen molar-refractivity contribution in [3.63, 3.8) is 0 Å². The van der Waals surface area contributed by atoms with Gasteiger partial charge in [0.15, 0.2) is 0 Å². The lowest BCUT2D eigenvalue weighted by Gasteiger charge is -2.29. The normalized spacial score (nSPS) is 16.3. The van der Waals surface area contributed by atoms with Crippen molar-refractivity contribution >= 4 is 23.4 Å². The number of hydrogen-bond donors (Lipinski definition) is 6. The van der Waals surface area contributed by atoms with Crippen LogP contribution in [0.25, 0.3) is 0 Å². The maximum atomic E-state index is 12.7. The summed E-state index contributed by atoms with van der Waals surface area (Å²) in [4.78, 5) is 49.9. The Bertz CT molecular complexity index is 616. The summed E-state index contributed by atoms with van der Waals surface area (Å²) >= 11 is 0. The van der Waals surface area contributed by atoms with Crippen LogP contribution in [0, 0.1) is 5.92 Å². The van der Waals surface area contributed by atoms with Crippen molar-refractivity contribution in [3.8, 4) is 0 Å². The first-order chi connectivity index (χ1) is 16.9. The number of carbonyl (C=O) groups excluding carboxylic acids is 4. The maximum Gasteiger partial charge on any atom is 0.222 e. The predicted octanol–water partition coefficient (Wildman–Crippen LogP) is 1.16. The third-order valence-electron chi connectivity index (χ3n) is 6.35. The Balaban J connectivity index is 5.65. The van der Waals surface area contributed by atoms with E-state index in [1.165, 1.54) is 0 Å². The fraction of sp³-hybridized carbons (Fsp3) is 0.846. The average Bonchev–Trinajstić information content (AvgIpc) is 2.83. The first kappa shape index (κ1) is 34.1. The van der Waals surface area contributed by atoms with Crippen LogP contribution in [0.5, 0.6) is 0 Å². The van der Waals surface area contributed by atoms with Crippen molar-refractivity contribution in [1.29, 1.82) is 0 Å². The van der Waals surface area contributed by atoms with Gasteiger partial charge in [-0.1, -0.05) is 27.7 Å². The van der Waals surface area contributed by atoms with Crippen molar-refractivity contribution in [2.75, 3.05) is 6.54 Å². The Morgan fingerprint density at radius 1 is 0.611 bits per heavy atom. The summed E-state index contributed by atoms with van der Waals surface area (Å²) in [5.41, 5.74) is 0. The molecular formula is C26H48N2O8. The number of amides is 2. The van der Waals surface area contributed by atoms with E-state index < -0.39 is 48.2 Å². The molecule has 0 spiro atoms. The van der Waals surface area contributed by atoms with Crippen LogP contribution in [0.15, 0.2) is 0 Å². The molecule has 6 unspecified atom stereocenters. The van der Waals surface area contributed by atoms with Gasteiger partial charge in [0, 0.05) is 44.2 Å². The molecule has 0 saturated heterocycles. The predicted molar refractivity (Wildman–Crippen MR) is 136 cm³/mol. The molecule has 2 amide bonds. The molecule has 10 heteroatoms. The number of hydrogen-bond acceptors (Lipinski definition) is 8. The zero-order valence-electron chi connectivity index (χ0n) is 22.4. The molecule has 0 fully saturated rings. The van der Waals surface area contributed by atoms with E-state index in [2.05, 4.69) is 10.6 Å². The Morgan fingerprint density at radius 3 is 1.56 bits per heavy atom. The fourth-order valence-corrected chi connectivity index (χ4v) is 3.69. The summed E-state index contributed by atoms with van der Waals surface area (Å²) < 4.78 is 0. The van der Waals surface area contributed by atoms with E-state index in [1.807, 2.05) is 0 Å². The van der Waals surface area contributed by atoms with Crippen LogP contribution in [0.3, 0.4) is 0 Å². The largest absolute Gasteiger partial charge is 0.393 e. The van der Waals surface area contributed by atoms with Crippen molar-refractivity contribution in [1.82, 2.24) is 10.6 Å². The molecule has 6 atom stereocenters. The minimum atomic E-state index is -0.831. The van der Waals surface area contributed by atoms with Crippen molar-refractivity contribution in [3.05, 3.63) is 0 Å². The van der Waals surface area contributed by atoms with Gasteiger partial charge in [-0.2, -0.15) is 0 Å². The quantitative estimate of drug-likeness (QED) is 0.132. The SMILES string of the molecule is CCC(O)CC(=O)CCC(NC(=O)CC(O)CC)C(CNC(=O)CC(O)CC)CC(=O)CC(O)CC. The maximum absolute atomic E-state index is 12.7. The van der Waals surface area contributed by atoms with Gasteiger partial charge in [0.25, 0.3) is 0 Å². The topological polar surface area (TPSA) is 173 Å². The first-order valence-corrected chi connectivity index (χ1v) is 13.3. The standard InChI is InChI=1S/C26H48N2O8/c1-5-18(29)12-22(33)9-10-24(28-26(36)15-21(32)8-4)17(11-23(34)13-19(30)6-2)16-27-25(35)14-20(31)7-3/h17-21,24,29-32H,5-16H2,1-4H3,(H,27,35)(H,28,36). The zero-order chi connectivity index (χ0) is 27.7. The van der Waals surface area contributed by atoms with Gasteiger partial charge in [0.2, 0.25) is 11.8 Å². The van der Waals surface area contributed by atoms with E-state index in [9.17, 15) is 39.6 Å². The van der Waals surface area contributed by atoms with Crippen LogP contribution in [0.1, 0.15) is 98.3 Å². The number of aliphatic hydroxyl groups excluding tert-OH is 4. The van der Waals surface area contributed by atoms with Crippen LogP contribution < -0.4 is 10.6 Å². The van der Waals surface area contributed by atoms with Crippen molar-refractivity contribution in [2.24, 2.45) is 5.92 Å². The van der Waals surface area contributed by atoms with Crippen LogP contribution in [-0.2, 0) is 19.2 Å². The van der Waals surface area contributed by atoms with E-state index >= 15 is 0 Å². The van der Waals surface area contributed by atoms with E-state index in [0.717, 1.165) is 0 Å². The molecule has 0 rings (SSSR count). The fourth-order valence-electron chi connectivity index (χ4n) is 3.69. The first-order valence-electron chi connectivity index (χ1n) is 13.3. The minimum Gasteiger partial charge on any atom is -0.393 e. The summed E-state index contributed by atoms with van der Waals surface area (Å²) in [5.74, 6) is -1.83. The molecule has 0 aromatic carbocycles. The van der Waals surface area contributed by atoms with Gasteiger partial charge in [0.1, 0.15) is 11.6 Å². The Kier molecular flexibility index (Phi) is 18.3. The lowest BCUT2D eigenvalue weighted by Crippen LogP contribution is -2.47. The molecule has 10 nitrogen and oxygen atoms in total. The lowest BCUT2D eigenvalue weighted by molar-refractivity contribution is -0.127. The highest BCUT2D eigenvalue weighted by atomic mass is 16.3. The number of ketones is 2. The van der Waals surface area contributed by atoms with Crippen LogP contribution in [-0.4, -0.2) is 80.8 Å². The van der Waals surface area contributed by atoms with Crippen molar-refractivity contribution in [2.45, 2.75) is 129 Å². The summed E-state index contributed by atoms with van der Waals surface area (Å²) in [6.07, 6.45) is -1.63. The molecule has 210 valence electrons. The third-order valence-corrected chi connectivity index (χ3v) is 6.35. The molecule has 36 heavy (non-hydrogen) atoms. The molecule has 0 aromatic rings. The second-order valence-corrected chi connectivity index (χ2v) is 9.62. The van der Waals surface area contributed by atoms with Crippen LogP contribution >= 0.6 is 0 Å². The molecule has 0 bridgehead atoms. The molecular weight excluding hydrogens is 468 g/mol. The number of carbonyl (C=O) groups is 4. The smallest absolute Gasteiger partial charge is 0.222 e. The summed E-state index contributed by atoms with van der Waals surface area (Å²) in [6.45, 7) is 7.04. The Hall–Kier alpha value is -1.88. The van der Waals surface area contributed by atoms with Crippen LogP contribution in [0.4, 0.5) is 0 Å². The lowest BCUT2D eigenvalue weighted by atomic mass is 9.87. The number of rotatable bonds is 21. The summed E-state index contributed by atoms with van der Waals surface area (Å²) in [7, 11) is 0. The molecule has 0 radical (unpaired) electrons. The van der Waals surface area contributed by atoms with Gasteiger partial charge in [-0.05, 0) is 32.1 Å². The van der Waals surface area contributed by atoms with Gasteiger partial charge in [-0.25, -0.2) is 0 Å².